The molecule has 2 unspecified atom stereocenters. The van der Waals surface area contributed by atoms with Crippen LogP contribution in [0.15, 0.2) is 58.3 Å². The van der Waals surface area contributed by atoms with Crippen LogP contribution in [0.1, 0.15) is 45.1 Å². The van der Waals surface area contributed by atoms with Crippen LogP contribution in [-0.2, 0) is 24.7 Å². The zero-order valence-corrected chi connectivity index (χ0v) is 20.2. The molecule has 9 heteroatoms. The van der Waals surface area contributed by atoms with E-state index in [1.165, 1.54) is 36.4 Å². The zero-order valence-electron chi connectivity index (χ0n) is 18.6. The van der Waals surface area contributed by atoms with Crippen molar-refractivity contribution < 1.29 is 21.6 Å². The Balaban J connectivity index is 1.63. The van der Waals surface area contributed by atoms with Crippen LogP contribution in [0.5, 0.6) is 0 Å². The highest BCUT2D eigenvalue weighted by Crippen LogP contribution is 2.30. The van der Waals surface area contributed by atoms with Crippen molar-refractivity contribution in [3.63, 3.8) is 0 Å². The fourth-order valence-electron chi connectivity index (χ4n) is 4.02. The summed E-state index contributed by atoms with van der Waals surface area (Å²) >= 11 is 0. The second-order valence-corrected chi connectivity index (χ2v) is 12.4. The van der Waals surface area contributed by atoms with Crippen molar-refractivity contribution in [1.29, 1.82) is 0 Å². The third-order valence-electron chi connectivity index (χ3n) is 5.80. The summed E-state index contributed by atoms with van der Waals surface area (Å²) in [6, 6.07) is 12.4. The minimum Gasteiger partial charge on any atom is -0.326 e. The quantitative estimate of drug-likeness (QED) is 0.653. The lowest BCUT2D eigenvalue weighted by molar-refractivity contribution is -0.115. The van der Waals surface area contributed by atoms with Gasteiger partial charge in [0.1, 0.15) is 0 Å². The lowest BCUT2D eigenvalue weighted by atomic mass is 10.0. The fraction of sp³-hybridized carbons (Fsp3) is 0.435. The summed E-state index contributed by atoms with van der Waals surface area (Å²) in [6.07, 6.45) is 2.49. The van der Waals surface area contributed by atoms with Crippen LogP contribution >= 0.6 is 0 Å². The molecule has 174 valence electrons. The van der Waals surface area contributed by atoms with Gasteiger partial charge in [-0.3, -0.25) is 4.79 Å². The third kappa shape index (κ3) is 5.57. The maximum Gasteiger partial charge on any atom is 0.243 e. The molecule has 0 spiro atoms. The van der Waals surface area contributed by atoms with Crippen LogP contribution in [0, 0.1) is 6.92 Å². The van der Waals surface area contributed by atoms with Gasteiger partial charge in [0.25, 0.3) is 0 Å². The number of amides is 1. The van der Waals surface area contributed by atoms with Gasteiger partial charge in [-0.05, 0) is 70.0 Å². The predicted octanol–water partition coefficient (Wildman–Crippen LogP) is 3.75. The second kappa shape index (κ2) is 9.72. The Morgan fingerprint density at radius 1 is 0.906 bits per heavy atom. The van der Waals surface area contributed by atoms with Crippen molar-refractivity contribution in [2.45, 2.75) is 68.3 Å². The van der Waals surface area contributed by atoms with Gasteiger partial charge in [0, 0.05) is 24.2 Å². The lowest BCUT2D eigenvalue weighted by Gasteiger charge is -2.37. The second-order valence-electron chi connectivity index (χ2n) is 8.42. The van der Waals surface area contributed by atoms with Crippen LogP contribution < -0.4 is 5.32 Å². The van der Waals surface area contributed by atoms with E-state index in [1.54, 1.807) is 16.4 Å². The number of nitrogens with zero attached hydrogens (tertiary/aromatic N) is 1. The van der Waals surface area contributed by atoms with E-state index in [0.717, 1.165) is 24.8 Å². The average molecular weight is 479 g/mol. The minimum atomic E-state index is -3.63. The number of anilines is 1. The van der Waals surface area contributed by atoms with E-state index in [9.17, 15) is 21.6 Å². The predicted molar refractivity (Wildman–Crippen MR) is 125 cm³/mol. The number of carbonyl (C=O) groups is 1. The standard InChI is InChI=1S/C23H30N2O5S2/c1-17-7-11-21(12-8-17)31(27,28)16-15-23(26)24-20-9-13-22(14-10-20)32(29,30)25-18(2)5-4-6-19(25)3/h7-14,18-19H,4-6,15-16H2,1-3H3,(H,24,26). The molecule has 0 radical (unpaired) electrons. The summed E-state index contributed by atoms with van der Waals surface area (Å²) in [7, 11) is -7.19. The van der Waals surface area contributed by atoms with E-state index in [4.69, 9.17) is 0 Å². The number of benzene rings is 2. The third-order valence-corrected chi connectivity index (χ3v) is 9.68. The van der Waals surface area contributed by atoms with E-state index < -0.39 is 25.8 Å². The first-order chi connectivity index (χ1) is 15.0. The molecule has 3 rings (SSSR count). The van der Waals surface area contributed by atoms with Crippen molar-refractivity contribution in [2.24, 2.45) is 0 Å². The summed E-state index contributed by atoms with van der Waals surface area (Å²) in [5.41, 5.74) is 1.37. The molecule has 1 aliphatic rings. The molecule has 1 amide bonds. The monoisotopic (exact) mass is 478 g/mol. The Bertz CT molecular complexity index is 1150. The van der Waals surface area contributed by atoms with E-state index in [1.807, 2.05) is 20.8 Å². The first-order valence-corrected chi connectivity index (χ1v) is 13.8. The van der Waals surface area contributed by atoms with Gasteiger partial charge in [-0.2, -0.15) is 4.31 Å². The Labute approximate surface area is 190 Å². The number of piperidine rings is 1. The molecule has 1 saturated heterocycles. The zero-order chi connectivity index (χ0) is 23.5. The Morgan fingerprint density at radius 3 is 2.00 bits per heavy atom. The first-order valence-electron chi connectivity index (χ1n) is 10.7. The first kappa shape index (κ1) is 24.4. The number of carbonyl (C=O) groups excluding carboxylic acids is 1. The van der Waals surface area contributed by atoms with Crippen LogP contribution in [-0.4, -0.2) is 44.9 Å². The molecule has 1 heterocycles. The summed E-state index contributed by atoms with van der Waals surface area (Å²) in [4.78, 5) is 12.6. The molecular formula is C23H30N2O5S2. The molecule has 1 aliphatic heterocycles. The maximum atomic E-state index is 13.1. The van der Waals surface area contributed by atoms with Gasteiger partial charge in [0.2, 0.25) is 15.9 Å². The molecule has 2 aromatic carbocycles. The van der Waals surface area contributed by atoms with Crippen LogP contribution in [0.3, 0.4) is 0 Å². The number of sulfonamides is 1. The van der Waals surface area contributed by atoms with Gasteiger partial charge in [-0.15, -0.1) is 0 Å². The van der Waals surface area contributed by atoms with Crippen molar-refractivity contribution in [2.75, 3.05) is 11.1 Å². The number of hydrogen-bond acceptors (Lipinski definition) is 5. The molecule has 2 aromatic rings. The smallest absolute Gasteiger partial charge is 0.243 e. The van der Waals surface area contributed by atoms with Gasteiger partial charge in [0.15, 0.2) is 9.84 Å². The Hall–Kier alpha value is -2.23. The molecule has 1 N–H and O–H groups in total. The average Bonchev–Trinajstić information content (AvgIpc) is 2.73. The highest BCUT2D eigenvalue weighted by Gasteiger charge is 2.35. The summed E-state index contributed by atoms with van der Waals surface area (Å²) in [5.74, 6) is -0.756. The molecule has 0 saturated carbocycles. The number of hydrogen-bond donors (Lipinski definition) is 1. The van der Waals surface area contributed by atoms with Crippen LogP contribution in [0.25, 0.3) is 0 Å². The summed E-state index contributed by atoms with van der Waals surface area (Å²) in [6.45, 7) is 5.72. The number of sulfone groups is 1. The summed E-state index contributed by atoms with van der Waals surface area (Å²) < 4.78 is 52.5. The van der Waals surface area contributed by atoms with E-state index >= 15 is 0 Å². The minimum absolute atomic E-state index is 0.0568. The van der Waals surface area contributed by atoms with Gasteiger partial charge in [-0.1, -0.05) is 24.1 Å². The molecule has 2 atom stereocenters. The largest absolute Gasteiger partial charge is 0.326 e. The maximum absolute atomic E-state index is 13.1. The molecule has 0 bridgehead atoms. The summed E-state index contributed by atoms with van der Waals surface area (Å²) in [5, 5.41) is 2.64. The van der Waals surface area contributed by atoms with Gasteiger partial charge in [0.05, 0.1) is 15.5 Å². The highest BCUT2D eigenvalue weighted by atomic mass is 32.2. The van der Waals surface area contributed by atoms with E-state index in [2.05, 4.69) is 5.32 Å². The topological polar surface area (TPSA) is 101 Å². The molecule has 32 heavy (non-hydrogen) atoms. The van der Waals surface area contributed by atoms with Gasteiger partial charge in [-0.25, -0.2) is 16.8 Å². The van der Waals surface area contributed by atoms with Crippen molar-refractivity contribution in [3.8, 4) is 0 Å². The molecule has 1 fully saturated rings. The lowest BCUT2D eigenvalue weighted by Crippen LogP contribution is -2.47. The van der Waals surface area contributed by atoms with Crippen molar-refractivity contribution >= 4 is 31.5 Å². The number of nitrogens with one attached hydrogen (secondary N) is 1. The molecular weight excluding hydrogens is 448 g/mol. The Kier molecular flexibility index (Phi) is 7.42. The van der Waals surface area contributed by atoms with Crippen LogP contribution in [0.4, 0.5) is 5.69 Å². The number of rotatable bonds is 7. The SMILES string of the molecule is Cc1ccc(S(=O)(=O)CCC(=O)Nc2ccc(S(=O)(=O)N3C(C)CCCC3C)cc2)cc1. The normalized spacial score (nSPS) is 20.1. The Morgan fingerprint density at radius 2 is 1.44 bits per heavy atom. The molecule has 0 aliphatic carbocycles. The van der Waals surface area contributed by atoms with Gasteiger partial charge >= 0.3 is 0 Å². The highest BCUT2D eigenvalue weighted by molar-refractivity contribution is 7.91. The fourth-order valence-corrected chi connectivity index (χ4v) is 7.14. The van der Waals surface area contributed by atoms with Crippen LogP contribution in [0.2, 0.25) is 0 Å². The van der Waals surface area contributed by atoms with Crippen molar-refractivity contribution in [1.82, 2.24) is 4.31 Å². The van der Waals surface area contributed by atoms with Gasteiger partial charge < -0.3 is 5.32 Å². The van der Waals surface area contributed by atoms with E-state index in [0.29, 0.717) is 5.69 Å². The molecule has 7 nitrogen and oxygen atoms in total. The number of aryl methyl sites for hydroxylation is 1. The van der Waals surface area contributed by atoms with E-state index in [-0.39, 0.29) is 34.0 Å². The van der Waals surface area contributed by atoms with Crippen molar-refractivity contribution in [3.05, 3.63) is 54.1 Å². The molecule has 0 aromatic heterocycles.